The fourth-order valence-corrected chi connectivity index (χ4v) is 1.95. The molecule has 106 valence electrons. The van der Waals surface area contributed by atoms with E-state index in [9.17, 15) is 4.79 Å². The predicted octanol–water partition coefficient (Wildman–Crippen LogP) is 1.13. The summed E-state index contributed by atoms with van der Waals surface area (Å²) in [4.78, 5) is 15.9. The Kier molecular flexibility index (Phi) is 5.41. The summed E-state index contributed by atoms with van der Waals surface area (Å²) >= 11 is 0. The van der Waals surface area contributed by atoms with Crippen LogP contribution in [0.4, 0.5) is 4.79 Å². The lowest BCUT2D eigenvalue weighted by Gasteiger charge is -2.43. The number of hydrogen-bond acceptors (Lipinski definition) is 4. The fraction of sp³-hybridized carbons (Fsp3) is 0.923. The van der Waals surface area contributed by atoms with E-state index < -0.39 is 0 Å². The van der Waals surface area contributed by atoms with E-state index in [4.69, 9.17) is 10.5 Å². The van der Waals surface area contributed by atoms with Gasteiger partial charge in [-0.25, -0.2) is 4.79 Å². The summed E-state index contributed by atoms with van der Waals surface area (Å²) in [5.41, 5.74) is 5.77. The smallest absolute Gasteiger partial charge is 0.409 e. The molecule has 0 aromatic carbocycles. The van der Waals surface area contributed by atoms with E-state index in [0.717, 1.165) is 26.2 Å². The van der Waals surface area contributed by atoms with E-state index in [-0.39, 0.29) is 11.6 Å². The van der Waals surface area contributed by atoms with Crippen molar-refractivity contribution in [2.75, 3.05) is 39.3 Å². The topological polar surface area (TPSA) is 58.8 Å². The molecule has 0 bridgehead atoms. The Morgan fingerprint density at radius 3 is 2.28 bits per heavy atom. The summed E-state index contributed by atoms with van der Waals surface area (Å²) in [6, 6.07) is 0. The molecule has 2 N–H and O–H groups in total. The summed E-state index contributed by atoms with van der Waals surface area (Å²) in [5, 5.41) is 0. The fourth-order valence-electron chi connectivity index (χ4n) is 1.95. The van der Waals surface area contributed by atoms with E-state index in [0.29, 0.717) is 19.1 Å². The molecule has 0 aromatic rings. The Bertz CT molecular complexity index is 271. The van der Waals surface area contributed by atoms with Crippen molar-refractivity contribution in [3.8, 4) is 0 Å². The van der Waals surface area contributed by atoms with Crippen molar-refractivity contribution in [1.29, 1.82) is 0 Å². The molecule has 1 aliphatic rings. The average Bonchev–Trinajstić information content (AvgIpc) is 2.36. The van der Waals surface area contributed by atoms with Crippen LogP contribution in [0.15, 0.2) is 0 Å². The summed E-state index contributed by atoms with van der Waals surface area (Å²) in [6.45, 7) is 12.6. The molecular weight excluding hydrogens is 230 g/mol. The van der Waals surface area contributed by atoms with Gasteiger partial charge in [0.2, 0.25) is 0 Å². The van der Waals surface area contributed by atoms with Crippen molar-refractivity contribution < 1.29 is 9.53 Å². The molecule has 5 heteroatoms. The lowest BCUT2D eigenvalue weighted by atomic mass is 10.0. The molecule has 5 nitrogen and oxygen atoms in total. The predicted molar refractivity (Wildman–Crippen MR) is 72.5 cm³/mol. The van der Waals surface area contributed by atoms with Crippen molar-refractivity contribution in [2.45, 2.75) is 33.2 Å². The second-order valence-electron chi connectivity index (χ2n) is 5.96. The van der Waals surface area contributed by atoms with Gasteiger partial charge in [0.15, 0.2) is 0 Å². The maximum Gasteiger partial charge on any atom is 0.409 e. The number of amides is 1. The van der Waals surface area contributed by atoms with Crippen molar-refractivity contribution in [2.24, 2.45) is 11.7 Å². The van der Waals surface area contributed by atoms with E-state index in [1.165, 1.54) is 0 Å². The zero-order valence-corrected chi connectivity index (χ0v) is 12.1. The molecule has 1 saturated heterocycles. The minimum Gasteiger partial charge on any atom is -0.449 e. The molecule has 0 atom stereocenters. The van der Waals surface area contributed by atoms with Crippen LogP contribution in [0.3, 0.4) is 0 Å². The lowest BCUT2D eigenvalue weighted by molar-refractivity contribution is 0.0391. The first-order chi connectivity index (χ1) is 8.36. The molecular formula is C13H27N3O2. The van der Waals surface area contributed by atoms with Crippen LogP contribution in [0.25, 0.3) is 0 Å². The number of carbonyl (C=O) groups excluding carboxylic acids is 1. The lowest BCUT2D eigenvalue weighted by Crippen LogP contribution is -2.58. The van der Waals surface area contributed by atoms with Gasteiger partial charge in [-0.2, -0.15) is 0 Å². The molecule has 1 amide bonds. The van der Waals surface area contributed by atoms with Crippen LogP contribution in [0.5, 0.6) is 0 Å². The number of ether oxygens (including phenoxy) is 1. The zero-order valence-electron chi connectivity index (χ0n) is 12.1. The normalized spacial score (nSPS) is 18.2. The first-order valence-corrected chi connectivity index (χ1v) is 6.73. The number of piperazine rings is 1. The molecule has 1 fully saturated rings. The van der Waals surface area contributed by atoms with Gasteiger partial charge in [-0.15, -0.1) is 0 Å². The Labute approximate surface area is 110 Å². The Morgan fingerprint density at radius 2 is 1.83 bits per heavy atom. The van der Waals surface area contributed by atoms with Crippen molar-refractivity contribution in [3.63, 3.8) is 0 Å². The largest absolute Gasteiger partial charge is 0.449 e. The van der Waals surface area contributed by atoms with Gasteiger partial charge in [-0.1, -0.05) is 13.8 Å². The van der Waals surface area contributed by atoms with Crippen LogP contribution >= 0.6 is 0 Å². The molecule has 0 spiro atoms. The molecule has 0 aliphatic carbocycles. The van der Waals surface area contributed by atoms with Crippen LogP contribution < -0.4 is 5.73 Å². The minimum atomic E-state index is -0.186. The highest BCUT2D eigenvalue weighted by molar-refractivity contribution is 5.67. The molecule has 0 saturated carbocycles. The number of rotatable bonds is 4. The van der Waals surface area contributed by atoms with Crippen molar-refractivity contribution >= 4 is 6.09 Å². The molecule has 0 unspecified atom stereocenters. The van der Waals surface area contributed by atoms with Gasteiger partial charge in [0, 0.05) is 38.3 Å². The van der Waals surface area contributed by atoms with Crippen molar-refractivity contribution in [3.05, 3.63) is 0 Å². The summed E-state index contributed by atoms with van der Waals surface area (Å²) in [5.74, 6) is 0.381. The molecule has 1 heterocycles. The van der Waals surface area contributed by atoms with Gasteiger partial charge < -0.3 is 15.4 Å². The second-order valence-corrected chi connectivity index (χ2v) is 5.96. The van der Waals surface area contributed by atoms with Gasteiger partial charge >= 0.3 is 6.09 Å². The first-order valence-electron chi connectivity index (χ1n) is 6.73. The van der Waals surface area contributed by atoms with Gasteiger partial charge in [-0.3, -0.25) is 4.90 Å². The Hall–Kier alpha value is -0.810. The van der Waals surface area contributed by atoms with Gasteiger partial charge in [-0.05, 0) is 19.8 Å². The van der Waals surface area contributed by atoms with Gasteiger partial charge in [0.25, 0.3) is 0 Å². The van der Waals surface area contributed by atoms with E-state index in [1.807, 2.05) is 13.8 Å². The number of carbonyl (C=O) groups is 1. The van der Waals surface area contributed by atoms with E-state index >= 15 is 0 Å². The maximum atomic E-state index is 11.8. The third kappa shape index (κ3) is 4.14. The quantitative estimate of drug-likeness (QED) is 0.820. The molecule has 1 rings (SSSR count). The number of nitrogens with zero attached hydrogens (tertiary/aromatic N) is 2. The highest BCUT2D eigenvalue weighted by Gasteiger charge is 2.30. The third-order valence-corrected chi connectivity index (χ3v) is 3.43. The van der Waals surface area contributed by atoms with E-state index in [1.54, 1.807) is 4.90 Å². The average molecular weight is 257 g/mol. The van der Waals surface area contributed by atoms with Gasteiger partial charge in [0.1, 0.15) is 0 Å². The highest BCUT2D eigenvalue weighted by atomic mass is 16.6. The van der Waals surface area contributed by atoms with Crippen molar-refractivity contribution in [1.82, 2.24) is 9.80 Å². The van der Waals surface area contributed by atoms with Crippen LogP contribution in [0.2, 0.25) is 0 Å². The highest BCUT2D eigenvalue weighted by Crippen LogP contribution is 2.16. The van der Waals surface area contributed by atoms with Crippen LogP contribution in [-0.2, 0) is 4.74 Å². The number of nitrogens with two attached hydrogens (primary N) is 1. The standard InChI is InChI=1S/C13H27N3O2/c1-11(2)9-18-12(17)15-5-7-16(8-6-15)13(3,4)10-14/h11H,5-10,14H2,1-4H3. The maximum absolute atomic E-state index is 11.8. The van der Waals surface area contributed by atoms with E-state index in [2.05, 4.69) is 18.7 Å². The second kappa shape index (κ2) is 6.38. The summed E-state index contributed by atoms with van der Waals surface area (Å²) in [7, 11) is 0. The third-order valence-electron chi connectivity index (χ3n) is 3.43. The summed E-state index contributed by atoms with van der Waals surface area (Å²) < 4.78 is 5.23. The molecule has 18 heavy (non-hydrogen) atoms. The van der Waals surface area contributed by atoms with Crippen LogP contribution in [0, 0.1) is 5.92 Å². The van der Waals surface area contributed by atoms with Crippen LogP contribution in [-0.4, -0.2) is 60.8 Å². The monoisotopic (exact) mass is 257 g/mol. The first kappa shape index (κ1) is 15.2. The summed E-state index contributed by atoms with van der Waals surface area (Å²) in [6.07, 6.45) is -0.186. The zero-order chi connectivity index (χ0) is 13.8. The van der Waals surface area contributed by atoms with Crippen LogP contribution in [0.1, 0.15) is 27.7 Å². The minimum absolute atomic E-state index is 0.00786. The Morgan fingerprint density at radius 1 is 1.28 bits per heavy atom. The molecule has 1 aliphatic heterocycles. The molecule has 0 aromatic heterocycles. The SMILES string of the molecule is CC(C)COC(=O)N1CCN(C(C)(C)CN)CC1. The van der Waals surface area contributed by atoms with Gasteiger partial charge in [0.05, 0.1) is 6.61 Å². The number of hydrogen-bond donors (Lipinski definition) is 1. The molecule has 0 radical (unpaired) electrons. The Balaban J connectivity index is 2.37.